The summed E-state index contributed by atoms with van der Waals surface area (Å²) in [4.78, 5) is 72.7. The highest BCUT2D eigenvalue weighted by Crippen LogP contribution is 2.43. The van der Waals surface area contributed by atoms with Crippen LogP contribution in [0.1, 0.15) is 74.6 Å². The fourth-order valence-corrected chi connectivity index (χ4v) is 6.52. The molecule has 0 spiro atoms. The fraction of sp³-hybridized carbons (Fsp3) is 0.462. The van der Waals surface area contributed by atoms with Crippen molar-refractivity contribution in [3.8, 4) is 23.0 Å². The lowest BCUT2D eigenvalue weighted by Crippen LogP contribution is -2.52. The molecule has 0 bridgehead atoms. The molecule has 3 heterocycles. The number of carbonyl (C=O) groups is 5. The van der Waals surface area contributed by atoms with Gasteiger partial charge in [0.05, 0.1) is 56.0 Å². The smallest absolute Gasteiger partial charge is 0.412 e. The van der Waals surface area contributed by atoms with Crippen LogP contribution in [-0.4, -0.2) is 105 Å². The fourth-order valence-electron chi connectivity index (χ4n) is 6.52. The predicted molar refractivity (Wildman–Crippen MR) is 199 cm³/mol. The first-order chi connectivity index (χ1) is 26.0. The van der Waals surface area contributed by atoms with Crippen molar-refractivity contribution in [1.82, 2.24) is 9.80 Å². The highest BCUT2D eigenvalue weighted by Gasteiger charge is 2.44. The van der Waals surface area contributed by atoms with E-state index < -0.39 is 41.7 Å². The van der Waals surface area contributed by atoms with Gasteiger partial charge in [-0.1, -0.05) is 24.3 Å². The minimum Gasteiger partial charge on any atom is -0.493 e. The van der Waals surface area contributed by atoms with Crippen molar-refractivity contribution in [2.45, 2.75) is 71.7 Å². The van der Waals surface area contributed by atoms with Crippen LogP contribution in [0.25, 0.3) is 0 Å². The Morgan fingerprint density at radius 2 is 1.49 bits per heavy atom. The van der Waals surface area contributed by atoms with Crippen molar-refractivity contribution in [2.24, 2.45) is 0 Å². The Hall–Kier alpha value is -5.93. The van der Waals surface area contributed by atoms with Gasteiger partial charge in [-0.3, -0.25) is 24.5 Å². The number of fused-ring (bicyclic) bond motifs is 2. The lowest BCUT2D eigenvalue weighted by atomic mass is 10.1. The zero-order chi connectivity index (χ0) is 40.2. The Bertz CT molecular complexity index is 1890. The van der Waals surface area contributed by atoms with Gasteiger partial charge < -0.3 is 43.1 Å². The van der Waals surface area contributed by atoms with Crippen molar-refractivity contribution >= 4 is 41.2 Å². The zero-order valence-electron chi connectivity index (χ0n) is 32.3. The maximum Gasteiger partial charge on any atom is 0.412 e. The van der Waals surface area contributed by atoms with E-state index in [1.165, 1.54) is 50.2 Å². The first-order valence-electron chi connectivity index (χ1n) is 17.8. The molecule has 2 atom stereocenters. The molecule has 0 aliphatic carbocycles. The van der Waals surface area contributed by atoms with Crippen LogP contribution in [0.4, 0.5) is 16.2 Å². The van der Waals surface area contributed by atoms with Crippen LogP contribution in [0.3, 0.4) is 0 Å². The minimum atomic E-state index is -0.817. The largest absolute Gasteiger partial charge is 0.493 e. The van der Waals surface area contributed by atoms with Gasteiger partial charge in [0.25, 0.3) is 11.8 Å². The van der Waals surface area contributed by atoms with Crippen LogP contribution in [0.15, 0.2) is 48.6 Å². The third kappa shape index (κ3) is 9.42. The third-order valence-corrected chi connectivity index (χ3v) is 8.81. The average Bonchev–Trinajstić information content (AvgIpc) is 3.69. The summed E-state index contributed by atoms with van der Waals surface area (Å²) in [5, 5.41) is 4.09. The van der Waals surface area contributed by atoms with Crippen LogP contribution >= 0.6 is 0 Å². The summed E-state index contributed by atoms with van der Waals surface area (Å²) in [6, 6.07) is 5.67. The van der Waals surface area contributed by atoms with E-state index in [1.807, 2.05) is 0 Å². The van der Waals surface area contributed by atoms with Crippen LogP contribution < -0.4 is 29.3 Å². The van der Waals surface area contributed by atoms with Gasteiger partial charge in [0, 0.05) is 51.9 Å². The van der Waals surface area contributed by atoms with E-state index in [2.05, 4.69) is 18.5 Å². The molecule has 2 saturated heterocycles. The number of likely N-dealkylation sites (tertiary alicyclic amines) is 1. The van der Waals surface area contributed by atoms with E-state index in [9.17, 15) is 24.0 Å². The van der Waals surface area contributed by atoms with Crippen molar-refractivity contribution < 1.29 is 57.2 Å². The topological polar surface area (TPSA) is 172 Å². The number of methoxy groups -OCH3 is 2. The van der Waals surface area contributed by atoms with Crippen molar-refractivity contribution in [2.75, 3.05) is 57.5 Å². The highest BCUT2D eigenvalue weighted by atomic mass is 16.7. The number of amides is 3. The number of hydrogen-bond acceptors (Lipinski definition) is 13. The highest BCUT2D eigenvalue weighted by molar-refractivity contribution is 6.04. The number of carbonyl (C=O) groups excluding carboxylic acids is 5. The number of anilines is 2. The first kappa shape index (κ1) is 40.3. The molecule has 0 radical (unpaired) electrons. The molecule has 2 fully saturated rings. The summed E-state index contributed by atoms with van der Waals surface area (Å²) in [5.74, 6) is -0.617. The van der Waals surface area contributed by atoms with Crippen LogP contribution in [0, 0.1) is 0 Å². The molecule has 0 unspecified atom stereocenters. The molecular weight excluding hydrogens is 716 g/mol. The Morgan fingerprint density at radius 1 is 0.855 bits per heavy atom. The normalized spacial score (nSPS) is 17.7. The van der Waals surface area contributed by atoms with Crippen LogP contribution in [-0.2, 0) is 23.9 Å². The molecule has 55 heavy (non-hydrogen) atoms. The Morgan fingerprint density at radius 3 is 2.11 bits per heavy atom. The minimum absolute atomic E-state index is 0.00943. The molecule has 16 heteroatoms. The van der Waals surface area contributed by atoms with E-state index in [0.717, 1.165) is 11.1 Å². The van der Waals surface area contributed by atoms with Gasteiger partial charge in [-0.25, -0.2) is 4.79 Å². The zero-order valence-corrected chi connectivity index (χ0v) is 32.3. The molecule has 0 saturated carbocycles. The van der Waals surface area contributed by atoms with Gasteiger partial charge in [-0.2, -0.15) is 5.06 Å². The van der Waals surface area contributed by atoms with Crippen LogP contribution in [0.2, 0.25) is 0 Å². The maximum absolute atomic E-state index is 14.0. The lowest BCUT2D eigenvalue weighted by Gasteiger charge is -2.39. The molecule has 3 amide bonds. The summed E-state index contributed by atoms with van der Waals surface area (Å²) in [6.45, 7) is 16.6. The predicted octanol–water partition coefficient (Wildman–Crippen LogP) is 5.26. The van der Waals surface area contributed by atoms with Crippen molar-refractivity contribution in [3.05, 3.63) is 59.7 Å². The molecule has 3 aliphatic rings. The van der Waals surface area contributed by atoms with E-state index in [1.54, 1.807) is 37.8 Å². The molecular formula is C39H48N4O12. The van der Waals surface area contributed by atoms with Gasteiger partial charge in [0.2, 0.25) is 0 Å². The van der Waals surface area contributed by atoms with Crippen molar-refractivity contribution in [3.63, 3.8) is 0 Å². The van der Waals surface area contributed by atoms with Gasteiger partial charge in [-0.15, -0.1) is 0 Å². The monoisotopic (exact) mass is 764 g/mol. The Kier molecular flexibility index (Phi) is 12.2. The second kappa shape index (κ2) is 16.6. The number of hydrogen-bond donors (Lipinski definition) is 1. The Balaban J connectivity index is 1.33. The molecule has 2 aromatic carbocycles. The number of hydroxylamine groups is 1. The SMILES string of the molecule is C=C1C[C@@H](COC(C)=O)N(C(=O)c2cc(OC)c(OCCCOc3cc4c(cc3OC)C(=O)N3CC(=C)C[C@H]3N4OC(C)=O)cc2NC(=O)OC(C)(C)C)C1. The molecule has 5 rings (SSSR count). The van der Waals surface area contributed by atoms with Gasteiger partial charge in [0.15, 0.2) is 23.0 Å². The molecule has 16 nitrogen and oxygen atoms in total. The molecule has 296 valence electrons. The first-order valence-corrected chi connectivity index (χ1v) is 17.8. The number of nitrogens with zero attached hydrogens (tertiary/aromatic N) is 3. The van der Waals surface area contributed by atoms with E-state index >= 15 is 0 Å². The molecule has 3 aliphatic heterocycles. The second-order valence-corrected chi connectivity index (χ2v) is 14.4. The Labute approximate surface area is 319 Å². The summed E-state index contributed by atoms with van der Waals surface area (Å²) in [7, 11) is 2.88. The summed E-state index contributed by atoms with van der Waals surface area (Å²) < 4.78 is 34.0. The van der Waals surface area contributed by atoms with E-state index in [-0.39, 0.29) is 55.0 Å². The summed E-state index contributed by atoms with van der Waals surface area (Å²) in [6.07, 6.45) is -0.0731. The number of esters is 1. The average molecular weight is 765 g/mol. The second-order valence-electron chi connectivity index (χ2n) is 14.4. The maximum atomic E-state index is 14.0. The number of nitrogens with one attached hydrogen (secondary N) is 1. The number of benzene rings is 2. The third-order valence-electron chi connectivity index (χ3n) is 8.81. The van der Waals surface area contributed by atoms with Crippen molar-refractivity contribution in [1.29, 1.82) is 0 Å². The van der Waals surface area contributed by atoms with Gasteiger partial charge in [-0.05, 0) is 39.3 Å². The summed E-state index contributed by atoms with van der Waals surface area (Å²) in [5.41, 5.74) is 1.68. The quantitative estimate of drug-likeness (QED) is 0.159. The molecule has 0 aromatic heterocycles. The van der Waals surface area contributed by atoms with Gasteiger partial charge in [0.1, 0.15) is 18.4 Å². The molecule has 1 N–H and O–H groups in total. The van der Waals surface area contributed by atoms with Crippen LogP contribution in [0.5, 0.6) is 23.0 Å². The van der Waals surface area contributed by atoms with E-state index in [0.29, 0.717) is 48.6 Å². The van der Waals surface area contributed by atoms with Gasteiger partial charge >= 0.3 is 18.0 Å². The summed E-state index contributed by atoms with van der Waals surface area (Å²) >= 11 is 0. The number of ether oxygens (including phenoxy) is 6. The number of rotatable bonds is 13. The standard InChI is InChI=1S/C39H48N4O12/c1-22-13-26(21-53-24(3)44)41(19-22)36(46)27-15-31(49-8)33(17-29(27)40-38(48)54-39(5,6)7)51-11-10-12-52-34-18-30-28(16-32(34)50-9)37(47)42-20-23(2)14-35(42)43(30)55-25(4)45/h15-18,26,35H,1-2,10-14,19-21H2,3-9H3,(H,40,48)/t26-,35+/m0/s1. The molecule has 2 aromatic rings. The van der Waals surface area contributed by atoms with E-state index in [4.69, 9.17) is 33.3 Å². The lowest BCUT2D eigenvalue weighted by molar-refractivity contribution is -0.145.